The number of morpholine rings is 1. The molecule has 3 nitrogen and oxygen atoms in total. The standard InChI is InChI=1S/C15H23FN2O/c1-3-7-17-10-13-14(16)5-4-6-15(13)18-8-9-19-11-12(18)2/h4-6,12,17H,3,7-11H2,1-2H3. The van der Waals surface area contributed by atoms with Gasteiger partial charge in [-0.15, -0.1) is 0 Å². The van der Waals surface area contributed by atoms with Gasteiger partial charge in [0.1, 0.15) is 5.82 Å². The van der Waals surface area contributed by atoms with Crippen LogP contribution in [0.3, 0.4) is 0 Å². The predicted octanol–water partition coefficient (Wildman–Crippen LogP) is 2.55. The van der Waals surface area contributed by atoms with E-state index in [9.17, 15) is 4.39 Å². The summed E-state index contributed by atoms with van der Waals surface area (Å²) in [5, 5.41) is 3.29. The second-order valence-electron chi connectivity index (χ2n) is 5.03. The summed E-state index contributed by atoms with van der Waals surface area (Å²) in [6, 6.07) is 5.63. The van der Waals surface area contributed by atoms with Gasteiger partial charge in [0.05, 0.1) is 13.2 Å². The lowest BCUT2D eigenvalue weighted by Crippen LogP contribution is -2.44. The number of nitrogens with zero attached hydrogens (tertiary/aromatic N) is 1. The molecule has 1 aromatic carbocycles. The molecule has 0 saturated carbocycles. The molecule has 1 aliphatic rings. The highest BCUT2D eigenvalue weighted by Gasteiger charge is 2.22. The van der Waals surface area contributed by atoms with Gasteiger partial charge in [0.15, 0.2) is 0 Å². The molecule has 0 aromatic heterocycles. The van der Waals surface area contributed by atoms with E-state index in [2.05, 4.69) is 24.1 Å². The van der Waals surface area contributed by atoms with Gasteiger partial charge in [-0.25, -0.2) is 4.39 Å². The van der Waals surface area contributed by atoms with Gasteiger partial charge in [0, 0.05) is 30.4 Å². The Labute approximate surface area is 114 Å². The predicted molar refractivity (Wildman–Crippen MR) is 76.0 cm³/mol. The maximum atomic E-state index is 14.1. The molecule has 1 atom stereocenters. The Morgan fingerprint density at radius 1 is 1.47 bits per heavy atom. The quantitative estimate of drug-likeness (QED) is 0.829. The molecule has 0 aliphatic carbocycles. The fourth-order valence-electron chi connectivity index (χ4n) is 2.47. The van der Waals surface area contributed by atoms with Gasteiger partial charge in [-0.3, -0.25) is 0 Å². The third-order valence-electron chi connectivity index (χ3n) is 3.50. The smallest absolute Gasteiger partial charge is 0.129 e. The van der Waals surface area contributed by atoms with E-state index in [4.69, 9.17) is 4.74 Å². The van der Waals surface area contributed by atoms with Crippen molar-refractivity contribution >= 4 is 5.69 Å². The molecular weight excluding hydrogens is 243 g/mol. The van der Waals surface area contributed by atoms with Crippen molar-refractivity contribution in [2.75, 3.05) is 31.2 Å². The molecule has 1 heterocycles. The summed E-state index contributed by atoms with van der Waals surface area (Å²) < 4.78 is 19.5. The molecule has 0 spiro atoms. The van der Waals surface area contributed by atoms with Gasteiger partial charge in [-0.2, -0.15) is 0 Å². The molecule has 106 valence electrons. The first-order valence-corrected chi connectivity index (χ1v) is 7.06. The van der Waals surface area contributed by atoms with E-state index >= 15 is 0 Å². The third kappa shape index (κ3) is 3.45. The maximum Gasteiger partial charge on any atom is 0.129 e. The summed E-state index contributed by atoms with van der Waals surface area (Å²) in [5.41, 5.74) is 1.77. The summed E-state index contributed by atoms with van der Waals surface area (Å²) in [6.45, 7) is 7.96. The number of anilines is 1. The van der Waals surface area contributed by atoms with Crippen molar-refractivity contribution in [3.05, 3.63) is 29.6 Å². The Morgan fingerprint density at radius 2 is 2.32 bits per heavy atom. The van der Waals surface area contributed by atoms with Crippen molar-refractivity contribution in [2.24, 2.45) is 0 Å². The molecule has 2 rings (SSSR count). The van der Waals surface area contributed by atoms with Crippen LogP contribution in [-0.2, 0) is 11.3 Å². The SMILES string of the molecule is CCCNCc1c(F)cccc1N1CCOCC1C. The molecule has 1 N–H and O–H groups in total. The Kier molecular flexibility index (Phi) is 5.16. The van der Waals surface area contributed by atoms with E-state index in [1.807, 2.05) is 6.07 Å². The highest BCUT2D eigenvalue weighted by atomic mass is 19.1. The number of rotatable bonds is 5. The molecule has 0 amide bonds. The molecule has 1 saturated heterocycles. The zero-order valence-corrected chi connectivity index (χ0v) is 11.8. The maximum absolute atomic E-state index is 14.1. The lowest BCUT2D eigenvalue weighted by molar-refractivity contribution is 0.0988. The molecule has 1 aliphatic heterocycles. The largest absolute Gasteiger partial charge is 0.377 e. The van der Waals surface area contributed by atoms with Gasteiger partial charge in [0.2, 0.25) is 0 Å². The van der Waals surface area contributed by atoms with Crippen molar-refractivity contribution in [1.29, 1.82) is 0 Å². The summed E-state index contributed by atoms with van der Waals surface area (Å²) in [4.78, 5) is 2.25. The first-order chi connectivity index (χ1) is 9.24. The summed E-state index contributed by atoms with van der Waals surface area (Å²) >= 11 is 0. The average molecular weight is 266 g/mol. The van der Waals surface area contributed by atoms with Crippen LogP contribution in [0.2, 0.25) is 0 Å². The van der Waals surface area contributed by atoms with Crippen molar-refractivity contribution < 1.29 is 9.13 Å². The monoisotopic (exact) mass is 266 g/mol. The number of hydrogen-bond acceptors (Lipinski definition) is 3. The number of nitrogens with one attached hydrogen (secondary N) is 1. The van der Waals surface area contributed by atoms with E-state index in [1.54, 1.807) is 6.07 Å². The van der Waals surface area contributed by atoms with Crippen LogP contribution < -0.4 is 10.2 Å². The number of ether oxygens (including phenoxy) is 1. The van der Waals surface area contributed by atoms with Crippen LogP contribution >= 0.6 is 0 Å². The van der Waals surface area contributed by atoms with Crippen LogP contribution in [0.5, 0.6) is 0 Å². The van der Waals surface area contributed by atoms with Gasteiger partial charge < -0.3 is 15.0 Å². The van der Waals surface area contributed by atoms with Crippen molar-refractivity contribution in [3.63, 3.8) is 0 Å². The highest BCUT2D eigenvalue weighted by Crippen LogP contribution is 2.26. The van der Waals surface area contributed by atoms with Crippen LogP contribution in [0.4, 0.5) is 10.1 Å². The highest BCUT2D eigenvalue weighted by molar-refractivity contribution is 5.55. The van der Waals surface area contributed by atoms with Crippen molar-refractivity contribution in [3.8, 4) is 0 Å². The lowest BCUT2D eigenvalue weighted by Gasteiger charge is -2.36. The van der Waals surface area contributed by atoms with Gasteiger partial charge in [-0.05, 0) is 32.0 Å². The summed E-state index contributed by atoms with van der Waals surface area (Å²) in [7, 11) is 0. The number of hydrogen-bond donors (Lipinski definition) is 1. The third-order valence-corrected chi connectivity index (χ3v) is 3.50. The number of halogens is 1. The Morgan fingerprint density at radius 3 is 3.05 bits per heavy atom. The van der Waals surface area contributed by atoms with Crippen LogP contribution in [-0.4, -0.2) is 32.3 Å². The van der Waals surface area contributed by atoms with Crippen LogP contribution in [0.25, 0.3) is 0 Å². The van der Waals surface area contributed by atoms with Crippen molar-refractivity contribution in [2.45, 2.75) is 32.9 Å². The number of benzene rings is 1. The molecule has 4 heteroatoms. The minimum Gasteiger partial charge on any atom is -0.377 e. The van der Waals surface area contributed by atoms with Crippen LogP contribution in [0, 0.1) is 5.82 Å². The molecule has 1 fully saturated rings. The fraction of sp³-hybridized carbons (Fsp3) is 0.600. The van der Waals surface area contributed by atoms with Crippen molar-refractivity contribution in [1.82, 2.24) is 5.32 Å². The summed E-state index contributed by atoms with van der Waals surface area (Å²) in [6.07, 6.45) is 1.05. The first-order valence-electron chi connectivity index (χ1n) is 7.06. The van der Waals surface area contributed by atoms with E-state index in [-0.39, 0.29) is 5.82 Å². The Bertz CT molecular complexity index is 411. The van der Waals surface area contributed by atoms with Crippen LogP contribution in [0.15, 0.2) is 18.2 Å². The topological polar surface area (TPSA) is 24.5 Å². The lowest BCUT2D eigenvalue weighted by atomic mass is 10.1. The average Bonchev–Trinajstić information content (AvgIpc) is 2.41. The molecule has 0 bridgehead atoms. The van der Waals surface area contributed by atoms with Crippen LogP contribution in [0.1, 0.15) is 25.8 Å². The molecule has 1 aromatic rings. The molecule has 19 heavy (non-hydrogen) atoms. The second-order valence-corrected chi connectivity index (χ2v) is 5.03. The van der Waals surface area contributed by atoms with E-state index in [0.717, 1.165) is 30.8 Å². The zero-order valence-electron chi connectivity index (χ0n) is 11.8. The Hall–Kier alpha value is -1.13. The Balaban J connectivity index is 2.20. The van der Waals surface area contributed by atoms with Gasteiger partial charge in [-0.1, -0.05) is 13.0 Å². The fourth-order valence-corrected chi connectivity index (χ4v) is 2.47. The second kappa shape index (κ2) is 6.87. The minimum atomic E-state index is -0.125. The first kappa shape index (κ1) is 14.3. The van der Waals surface area contributed by atoms with E-state index in [0.29, 0.717) is 25.8 Å². The van der Waals surface area contributed by atoms with Gasteiger partial charge in [0.25, 0.3) is 0 Å². The zero-order chi connectivity index (χ0) is 13.7. The molecule has 0 radical (unpaired) electrons. The normalized spacial score (nSPS) is 19.7. The minimum absolute atomic E-state index is 0.125. The summed E-state index contributed by atoms with van der Waals surface area (Å²) in [5.74, 6) is -0.125. The van der Waals surface area contributed by atoms with Gasteiger partial charge >= 0.3 is 0 Å². The molecule has 1 unspecified atom stereocenters. The van der Waals surface area contributed by atoms with E-state index < -0.39 is 0 Å². The molecular formula is C15H23FN2O. The van der Waals surface area contributed by atoms with E-state index in [1.165, 1.54) is 6.07 Å².